The Morgan fingerprint density at radius 1 is 1.32 bits per heavy atom. The predicted molar refractivity (Wildman–Crippen MR) is 109 cm³/mol. The Morgan fingerprint density at radius 3 is 2.64 bits per heavy atom. The van der Waals surface area contributed by atoms with Crippen LogP contribution in [0.25, 0.3) is 0 Å². The molecule has 2 fully saturated rings. The molecule has 0 spiro atoms. The summed E-state index contributed by atoms with van der Waals surface area (Å²) in [5.41, 5.74) is 0.440. The third-order valence-corrected chi connectivity index (χ3v) is 5.62. The van der Waals surface area contributed by atoms with Gasteiger partial charge in [-0.3, -0.25) is 9.59 Å². The molecule has 1 aromatic rings. The first-order valence-electron chi connectivity index (χ1n) is 9.29. The lowest BCUT2D eigenvalue weighted by atomic mass is 9.95. The van der Waals surface area contributed by atoms with Gasteiger partial charge in [-0.25, -0.2) is 0 Å². The van der Waals surface area contributed by atoms with Crippen LogP contribution in [0.15, 0.2) is 18.2 Å². The average Bonchev–Trinajstić information content (AvgIpc) is 3.10. The van der Waals surface area contributed by atoms with Gasteiger partial charge in [0.1, 0.15) is 5.75 Å². The maximum absolute atomic E-state index is 12.8. The molecule has 2 heterocycles. The van der Waals surface area contributed by atoms with E-state index in [9.17, 15) is 14.7 Å². The second-order valence-corrected chi connectivity index (χ2v) is 7.58. The lowest BCUT2D eigenvalue weighted by Crippen LogP contribution is -2.44. The molecular weight excluding hydrogens is 405 g/mol. The molecule has 0 saturated carbocycles. The molecule has 3 N–H and O–H groups in total. The first-order valence-corrected chi connectivity index (χ1v) is 9.66. The second kappa shape index (κ2) is 10.3. The van der Waals surface area contributed by atoms with Crippen LogP contribution in [0.3, 0.4) is 0 Å². The molecule has 2 amide bonds. The summed E-state index contributed by atoms with van der Waals surface area (Å²) in [4.78, 5) is 26.9. The minimum Gasteiger partial charge on any atom is -0.496 e. The van der Waals surface area contributed by atoms with Crippen molar-refractivity contribution in [1.29, 1.82) is 0 Å². The van der Waals surface area contributed by atoms with E-state index in [1.54, 1.807) is 23.1 Å². The first kappa shape index (κ1) is 22.7. The molecule has 9 heteroatoms. The lowest BCUT2D eigenvalue weighted by Gasteiger charge is -2.32. The van der Waals surface area contributed by atoms with Gasteiger partial charge in [-0.15, -0.1) is 12.4 Å². The molecule has 28 heavy (non-hydrogen) atoms. The predicted octanol–water partition coefficient (Wildman–Crippen LogP) is 1.32. The Kier molecular flexibility index (Phi) is 8.37. The van der Waals surface area contributed by atoms with Crippen molar-refractivity contribution in [2.75, 3.05) is 39.8 Å². The molecule has 2 unspecified atom stereocenters. The smallest absolute Gasteiger partial charge is 0.257 e. The number of halogens is 2. The molecule has 7 nitrogen and oxygen atoms in total. The van der Waals surface area contributed by atoms with E-state index >= 15 is 0 Å². The number of carbonyl (C=O) groups excluding carboxylic acids is 2. The number of aliphatic hydroxyl groups excluding tert-OH is 1. The summed E-state index contributed by atoms with van der Waals surface area (Å²) in [6, 6.07) is 4.98. The Morgan fingerprint density at radius 2 is 2.04 bits per heavy atom. The third kappa shape index (κ3) is 5.29. The van der Waals surface area contributed by atoms with Crippen molar-refractivity contribution in [2.45, 2.75) is 18.9 Å². The number of aliphatic hydroxyl groups is 1. The second-order valence-electron chi connectivity index (χ2n) is 7.14. The normalized spacial score (nSPS) is 22.5. The number of piperidine rings is 1. The number of β-amino-alcohol motifs (C(OH)–C–C–N with tert-alkyl or cyclic N) is 1. The summed E-state index contributed by atoms with van der Waals surface area (Å²) in [6.07, 6.45) is 0.829. The van der Waals surface area contributed by atoms with Crippen molar-refractivity contribution >= 4 is 35.8 Å². The zero-order valence-electron chi connectivity index (χ0n) is 15.8. The van der Waals surface area contributed by atoms with E-state index in [1.165, 1.54) is 7.11 Å². The maximum atomic E-state index is 12.8. The summed E-state index contributed by atoms with van der Waals surface area (Å²) in [7, 11) is 1.52. The number of amides is 2. The van der Waals surface area contributed by atoms with Crippen LogP contribution in [0.4, 0.5) is 0 Å². The third-order valence-electron chi connectivity index (χ3n) is 5.39. The zero-order valence-corrected chi connectivity index (χ0v) is 17.4. The lowest BCUT2D eigenvalue weighted by molar-refractivity contribution is -0.126. The van der Waals surface area contributed by atoms with Crippen molar-refractivity contribution in [3.63, 3.8) is 0 Å². The fourth-order valence-corrected chi connectivity index (χ4v) is 3.84. The highest BCUT2D eigenvalue weighted by molar-refractivity contribution is 6.31. The van der Waals surface area contributed by atoms with Crippen LogP contribution in [0.5, 0.6) is 5.75 Å². The van der Waals surface area contributed by atoms with Crippen LogP contribution in [0.2, 0.25) is 5.02 Å². The van der Waals surface area contributed by atoms with Crippen LogP contribution >= 0.6 is 24.0 Å². The van der Waals surface area contributed by atoms with Gasteiger partial charge in [0.05, 0.1) is 18.8 Å². The molecule has 2 aliphatic heterocycles. The molecule has 2 aliphatic rings. The highest BCUT2D eigenvalue weighted by Gasteiger charge is 2.30. The largest absolute Gasteiger partial charge is 0.496 e. The van der Waals surface area contributed by atoms with Gasteiger partial charge in [-0.2, -0.15) is 0 Å². The standard InChI is InChI=1S/C19H26ClN3O4.ClH/c1-27-17-3-2-14(20)8-15(17)19(26)23-6-4-12(5-7-23)18(25)22-10-13-9-21-11-16(13)24;/h2-3,8,12-13,16,21,24H,4-7,9-11H2,1H3,(H,22,25);1H. The highest BCUT2D eigenvalue weighted by Crippen LogP contribution is 2.26. The number of likely N-dealkylation sites (tertiary alicyclic amines) is 1. The van der Waals surface area contributed by atoms with Crippen molar-refractivity contribution in [3.05, 3.63) is 28.8 Å². The van der Waals surface area contributed by atoms with Gasteiger partial charge in [-0.1, -0.05) is 11.6 Å². The van der Waals surface area contributed by atoms with Gasteiger partial charge in [0.15, 0.2) is 0 Å². The van der Waals surface area contributed by atoms with Gasteiger partial charge in [0.25, 0.3) is 5.91 Å². The fraction of sp³-hybridized carbons (Fsp3) is 0.579. The van der Waals surface area contributed by atoms with E-state index in [0.29, 0.717) is 55.4 Å². The number of hydrogen-bond acceptors (Lipinski definition) is 5. The first-order chi connectivity index (χ1) is 13.0. The molecule has 3 rings (SSSR count). The van der Waals surface area contributed by atoms with Crippen LogP contribution in [0, 0.1) is 11.8 Å². The Hall–Kier alpha value is -1.54. The molecular formula is C19H27Cl2N3O4. The molecule has 156 valence electrons. The van der Waals surface area contributed by atoms with E-state index in [1.807, 2.05) is 0 Å². The monoisotopic (exact) mass is 431 g/mol. The van der Waals surface area contributed by atoms with Gasteiger partial charge in [0, 0.05) is 49.6 Å². The number of methoxy groups -OCH3 is 1. The molecule has 2 atom stereocenters. The van der Waals surface area contributed by atoms with Crippen LogP contribution in [-0.2, 0) is 4.79 Å². The maximum Gasteiger partial charge on any atom is 0.257 e. The topological polar surface area (TPSA) is 90.9 Å². The van der Waals surface area contributed by atoms with E-state index < -0.39 is 6.10 Å². The number of ether oxygens (including phenoxy) is 1. The van der Waals surface area contributed by atoms with Crippen molar-refractivity contribution < 1.29 is 19.4 Å². The minimum absolute atomic E-state index is 0. The molecule has 0 radical (unpaired) electrons. The van der Waals surface area contributed by atoms with Gasteiger partial charge >= 0.3 is 0 Å². The number of rotatable bonds is 5. The fourth-order valence-electron chi connectivity index (χ4n) is 3.67. The molecule has 2 saturated heterocycles. The van der Waals surface area contributed by atoms with E-state index in [4.69, 9.17) is 16.3 Å². The zero-order chi connectivity index (χ0) is 19.4. The van der Waals surface area contributed by atoms with E-state index in [-0.39, 0.29) is 36.1 Å². The highest BCUT2D eigenvalue weighted by atomic mass is 35.5. The molecule has 0 aliphatic carbocycles. The summed E-state index contributed by atoms with van der Waals surface area (Å²) in [5.74, 6) is 0.315. The quantitative estimate of drug-likeness (QED) is 0.653. The van der Waals surface area contributed by atoms with E-state index in [2.05, 4.69) is 10.6 Å². The molecule has 0 bridgehead atoms. The summed E-state index contributed by atoms with van der Waals surface area (Å²) < 4.78 is 5.27. The Labute approximate surface area is 176 Å². The van der Waals surface area contributed by atoms with Gasteiger partial charge in [0.2, 0.25) is 5.91 Å². The van der Waals surface area contributed by atoms with Crippen molar-refractivity contribution in [2.24, 2.45) is 11.8 Å². The van der Waals surface area contributed by atoms with Gasteiger partial charge in [-0.05, 0) is 31.0 Å². The summed E-state index contributed by atoms with van der Waals surface area (Å²) in [5, 5.41) is 16.3. The van der Waals surface area contributed by atoms with Crippen LogP contribution < -0.4 is 15.4 Å². The summed E-state index contributed by atoms with van der Waals surface area (Å²) in [6.45, 7) is 2.80. The number of nitrogens with one attached hydrogen (secondary N) is 2. The number of carbonyl (C=O) groups is 2. The van der Waals surface area contributed by atoms with E-state index in [0.717, 1.165) is 6.54 Å². The van der Waals surface area contributed by atoms with Crippen LogP contribution in [-0.4, -0.2) is 67.8 Å². The number of hydrogen-bond donors (Lipinski definition) is 3. The SMILES string of the molecule is COc1ccc(Cl)cc1C(=O)N1CCC(C(=O)NCC2CNCC2O)CC1.Cl. The minimum atomic E-state index is -0.405. The molecule has 1 aromatic carbocycles. The van der Waals surface area contributed by atoms with Crippen LogP contribution in [0.1, 0.15) is 23.2 Å². The number of benzene rings is 1. The molecule has 0 aromatic heterocycles. The Balaban J connectivity index is 0.00000280. The van der Waals surface area contributed by atoms with Gasteiger partial charge < -0.3 is 25.4 Å². The van der Waals surface area contributed by atoms with Crippen molar-refractivity contribution in [3.8, 4) is 5.75 Å². The average molecular weight is 432 g/mol. The van der Waals surface area contributed by atoms with Crippen molar-refractivity contribution in [1.82, 2.24) is 15.5 Å². The Bertz CT molecular complexity index is 696. The summed E-state index contributed by atoms with van der Waals surface area (Å²) >= 11 is 6.02. The number of nitrogens with zero attached hydrogens (tertiary/aromatic N) is 1.